The summed E-state index contributed by atoms with van der Waals surface area (Å²) >= 11 is 0. The minimum absolute atomic E-state index is 0.102. The average Bonchev–Trinajstić information content (AvgIpc) is 2.81. The molecule has 0 atom stereocenters. The highest BCUT2D eigenvalue weighted by molar-refractivity contribution is 5.94. The molecule has 0 radical (unpaired) electrons. The van der Waals surface area contributed by atoms with Crippen LogP contribution >= 0.6 is 0 Å². The van der Waals surface area contributed by atoms with Gasteiger partial charge in [-0.2, -0.15) is 0 Å². The smallest absolute Gasteiger partial charge is 0.253 e. The molecule has 2 aliphatic rings. The quantitative estimate of drug-likeness (QED) is 0.769. The second-order valence-corrected chi connectivity index (χ2v) is 9.44. The normalized spacial score (nSPS) is 21.5. The fourth-order valence-electron chi connectivity index (χ4n) is 4.50. The summed E-state index contributed by atoms with van der Waals surface area (Å²) < 4.78 is 0. The van der Waals surface area contributed by atoms with E-state index in [0.717, 1.165) is 57.7 Å². The van der Waals surface area contributed by atoms with Gasteiger partial charge in [0.15, 0.2) is 0 Å². The number of likely N-dealkylation sites (N-methyl/N-ethyl adjacent to an activating group) is 2. The van der Waals surface area contributed by atoms with E-state index in [1.807, 2.05) is 35.2 Å². The SMILES string of the molecule is CN1CCN(CC(=O)NC2CCCCC2)CCN(C)CCN(C(=O)c2ccccc2)CC1. The lowest BCUT2D eigenvalue weighted by Crippen LogP contribution is -2.48. The molecule has 0 spiro atoms. The lowest BCUT2D eigenvalue weighted by atomic mass is 9.95. The molecule has 1 aliphatic carbocycles. The van der Waals surface area contributed by atoms with Crippen LogP contribution in [0.4, 0.5) is 0 Å². The molecule has 2 fully saturated rings. The molecule has 178 valence electrons. The van der Waals surface area contributed by atoms with Crippen LogP contribution in [0.2, 0.25) is 0 Å². The first-order chi connectivity index (χ1) is 15.5. The molecule has 1 saturated heterocycles. The van der Waals surface area contributed by atoms with Gasteiger partial charge in [0, 0.05) is 64.0 Å². The van der Waals surface area contributed by atoms with Crippen molar-refractivity contribution in [2.24, 2.45) is 0 Å². The Labute approximate surface area is 193 Å². The molecule has 0 unspecified atom stereocenters. The molecule has 7 nitrogen and oxygen atoms in total. The van der Waals surface area contributed by atoms with Crippen LogP contribution in [0.1, 0.15) is 42.5 Å². The second-order valence-electron chi connectivity index (χ2n) is 9.44. The van der Waals surface area contributed by atoms with Crippen LogP contribution < -0.4 is 5.32 Å². The Hall–Kier alpha value is -1.96. The summed E-state index contributed by atoms with van der Waals surface area (Å²) in [6.45, 7) is 7.01. The standard InChI is InChI=1S/C25H41N5O2/c1-27-13-17-29(21-24(31)26-23-11-7-4-8-12-23)18-14-28(2)16-20-30(19-15-27)25(32)22-9-5-3-6-10-22/h3,5-6,9-10,23H,4,7-8,11-21H2,1-2H3,(H,26,31). The zero-order chi connectivity index (χ0) is 22.8. The Bertz CT molecular complexity index is 690. The number of carbonyl (C=O) groups is 2. The fourth-order valence-corrected chi connectivity index (χ4v) is 4.50. The summed E-state index contributed by atoms with van der Waals surface area (Å²) in [6, 6.07) is 9.92. The number of carbonyl (C=O) groups excluding carboxylic acids is 2. The Morgan fingerprint density at radius 1 is 0.812 bits per heavy atom. The number of rotatable bonds is 4. The predicted octanol–water partition coefficient (Wildman–Crippen LogP) is 1.76. The van der Waals surface area contributed by atoms with E-state index in [1.165, 1.54) is 19.3 Å². The van der Waals surface area contributed by atoms with Crippen LogP contribution in [0, 0.1) is 0 Å². The molecule has 1 aromatic carbocycles. The van der Waals surface area contributed by atoms with Gasteiger partial charge in [-0.1, -0.05) is 37.5 Å². The molecule has 2 amide bonds. The lowest BCUT2D eigenvalue weighted by Gasteiger charge is -2.32. The highest BCUT2D eigenvalue weighted by Gasteiger charge is 2.20. The first-order valence-corrected chi connectivity index (χ1v) is 12.2. The van der Waals surface area contributed by atoms with Crippen molar-refractivity contribution in [3.8, 4) is 0 Å². The van der Waals surface area contributed by atoms with E-state index in [9.17, 15) is 9.59 Å². The van der Waals surface area contributed by atoms with E-state index in [2.05, 4.69) is 34.1 Å². The van der Waals surface area contributed by atoms with E-state index in [-0.39, 0.29) is 11.8 Å². The molecule has 32 heavy (non-hydrogen) atoms. The third-order valence-electron chi connectivity index (χ3n) is 6.74. The third-order valence-corrected chi connectivity index (χ3v) is 6.74. The van der Waals surface area contributed by atoms with Gasteiger partial charge in [-0.25, -0.2) is 0 Å². The Kier molecular flexibility index (Phi) is 9.96. The summed E-state index contributed by atoms with van der Waals surface area (Å²) in [7, 11) is 4.20. The van der Waals surface area contributed by atoms with Gasteiger partial charge in [0.2, 0.25) is 5.91 Å². The van der Waals surface area contributed by atoms with E-state index in [4.69, 9.17) is 0 Å². The number of hydrogen-bond acceptors (Lipinski definition) is 5. The molecule has 1 N–H and O–H groups in total. The summed E-state index contributed by atoms with van der Waals surface area (Å²) in [5.41, 5.74) is 0.750. The molecule has 1 aromatic rings. The molecular weight excluding hydrogens is 402 g/mol. The third kappa shape index (κ3) is 8.19. The van der Waals surface area contributed by atoms with Crippen molar-refractivity contribution in [2.75, 3.05) is 73.0 Å². The molecule has 1 aliphatic heterocycles. The van der Waals surface area contributed by atoms with E-state index >= 15 is 0 Å². The van der Waals surface area contributed by atoms with Crippen LogP contribution in [0.15, 0.2) is 30.3 Å². The molecule has 0 aromatic heterocycles. The Morgan fingerprint density at radius 3 is 1.97 bits per heavy atom. The number of benzene rings is 1. The van der Waals surface area contributed by atoms with E-state index in [1.54, 1.807) is 0 Å². The van der Waals surface area contributed by atoms with Crippen LogP contribution in [0.3, 0.4) is 0 Å². The van der Waals surface area contributed by atoms with Crippen LogP contribution in [0.5, 0.6) is 0 Å². The first kappa shape index (κ1) is 24.7. The molecule has 0 bridgehead atoms. The average molecular weight is 444 g/mol. The van der Waals surface area contributed by atoms with Gasteiger partial charge < -0.3 is 20.0 Å². The monoisotopic (exact) mass is 443 g/mol. The zero-order valence-electron chi connectivity index (χ0n) is 20.0. The van der Waals surface area contributed by atoms with Gasteiger partial charge in [-0.3, -0.25) is 14.5 Å². The van der Waals surface area contributed by atoms with Crippen molar-refractivity contribution >= 4 is 11.8 Å². The Morgan fingerprint density at radius 2 is 1.38 bits per heavy atom. The molecule has 3 rings (SSSR count). The van der Waals surface area contributed by atoms with E-state index < -0.39 is 0 Å². The number of nitrogens with zero attached hydrogens (tertiary/aromatic N) is 4. The fraction of sp³-hybridized carbons (Fsp3) is 0.680. The van der Waals surface area contributed by atoms with E-state index in [0.29, 0.717) is 25.7 Å². The summed E-state index contributed by atoms with van der Waals surface area (Å²) in [4.78, 5) is 34.4. The number of nitrogens with one attached hydrogen (secondary N) is 1. The highest BCUT2D eigenvalue weighted by atomic mass is 16.2. The zero-order valence-corrected chi connectivity index (χ0v) is 20.0. The van der Waals surface area contributed by atoms with Gasteiger partial charge in [-0.15, -0.1) is 0 Å². The van der Waals surface area contributed by atoms with Crippen molar-refractivity contribution in [1.29, 1.82) is 0 Å². The maximum absolute atomic E-state index is 13.0. The van der Waals surface area contributed by atoms with Gasteiger partial charge in [0.05, 0.1) is 6.54 Å². The number of amides is 2. The van der Waals surface area contributed by atoms with Crippen LogP contribution in [0.25, 0.3) is 0 Å². The molecule has 7 heteroatoms. The van der Waals surface area contributed by atoms with Crippen molar-refractivity contribution < 1.29 is 9.59 Å². The minimum Gasteiger partial charge on any atom is -0.352 e. The topological polar surface area (TPSA) is 59.1 Å². The predicted molar refractivity (Wildman–Crippen MR) is 129 cm³/mol. The van der Waals surface area contributed by atoms with Gasteiger partial charge in [-0.05, 0) is 39.1 Å². The van der Waals surface area contributed by atoms with Crippen molar-refractivity contribution in [3.05, 3.63) is 35.9 Å². The maximum atomic E-state index is 13.0. The Balaban J connectivity index is 1.53. The maximum Gasteiger partial charge on any atom is 0.253 e. The molecular formula is C25H41N5O2. The van der Waals surface area contributed by atoms with Gasteiger partial charge >= 0.3 is 0 Å². The summed E-state index contributed by atoms with van der Waals surface area (Å²) in [5.74, 6) is 0.263. The van der Waals surface area contributed by atoms with Crippen molar-refractivity contribution in [2.45, 2.75) is 38.1 Å². The van der Waals surface area contributed by atoms with Crippen LogP contribution in [-0.4, -0.2) is 110 Å². The lowest BCUT2D eigenvalue weighted by molar-refractivity contribution is -0.123. The van der Waals surface area contributed by atoms with Crippen LogP contribution in [-0.2, 0) is 4.79 Å². The molecule has 1 saturated carbocycles. The van der Waals surface area contributed by atoms with Gasteiger partial charge in [0.25, 0.3) is 5.91 Å². The molecule has 1 heterocycles. The highest BCUT2D eigenvalue weighted by Crippen LogP contribution is 2.17. The summed E-state index contributed by atoms with van der Waals surface area (Å²) in [6.07, 6.45) is 6.00. The number of hydrogen-bond donors (Lipinski definition) is 1. The van der Waals surface area contributed by atoms with Crippen molar-refractivity contribution in [3.63, 3.8) is 0 Å². The van der Waals surface area contributed by atoms with Crippen molar-refractivity contribution in [1.82, 2.24) is 24.9 Å². The van der Waals surface area contributed by atoms with Gasteiger partial charge in [0.1, 0.15) is 0 Å². The second kappa shape index (κ2) is 12.9. The first-order valence-electron chi connectivity index (χ1n) is 12.2. The minimum atomic E-state index is 0.102. The largest absolute Gasteiger partial charge is 0.352 e. The summed E-state index contributed by atoms with van der Waals surface area (Å²) in [5, 5.41) is 3.26.